The molecule has 27 heavy (non-hydrogen) atoms. The molecule has 0 unspecified atom stereocenters. The van der Waals surface area contributed by atoms with Gasteiger partial charge in [0, 0.05) is 23.2 Å². The van der Waals surface area contributed by atoms with E-state index in [1.54, 1.807) is 36.4 Å². The summed E-state index contributed by atoms with van der Waals surface area (Å²) in [5.74, 6) is -0.774. The number of amides is 1. The second-order valence-corrected chi connectivity index (χ2v) is 8.09. The Balaban J connectivity index is 1.87. The number of carbonyl (C=O) groups excluding carboxylic acids is 1. The lowest BCUT2D eigenvalue weighted by Gasteiger charge is -2.11. The number of benzene rings is 2. The average molecular weight is 406 g/mol. The number of hydrogen-bond donors (Lipinski definition) is 3. The number of aromatic nitrogens is 1. The van der Waals surface area contributed by atoms with Crippen LogP contribution in [0.2, 0.25) is 5.02 Å². The number of rotatable bonds is 5. The summed E-state index contributed by atoms with van der Waals surface area (Å²) < 4.78 is 25.3. The molecule has 0 saturated heterocycles. The third-order valence-electron chi connectivity index (χ3n) is 3.78. The van der Waals surface area contributed by atoms with Gasteiger partial charge in [0.15, 0.2) is 0 Å². The van der Waals surface area contributed by atoms with Gasteiger partial charge in [-0.25, -0.2) is 8.42 Å². The largest absolute Gasteiger partial charge is 0.506 e. The number of anilines is 1. The van der Waals surface area contributed by atoms with Crippen LogP contribution in [0.5, 0.6) is 5.75 Å². The molecule has 0 atom stereocenters. The first-order chi connectivity index (χ1) is 12.7. The summed E-state index contributed by atoms with van der Waals surface area (Å²) in [6.45, 7) is 0.253. The molecule has 1 amide bonds. The maximum absolute atomic E-state index is 12.4. The van der Waals surface area contributed by atoms with Crippen molar-refractivity contribution < 1.29 is 18.3 Å². The standard InChI is InChI=1S/C18H16ClN3O4S/c1-27(25,26)22-15-4-2-3-13-16(15)20-10-14(17(13)23)18(24)21-9-11-5-7-12(19)8-6-11/h2-8,10,22H,9H2,1H3,(H,20,23)(H,21,24). The maximum atomic E-state index is 12.4. The van der Waals surface area contributed by atoms with Gasteiger partial charge in [0.25, 0.3) is 5.91 Å². The molecule has 1 aromatic heterocycles. The number of pyridine rings is 1. The summed E-state index contributed by atoms with van der Waals surface area (Å²) >= 11 is 5.83. The molecule has 9 heteroatoms. The third kappa shape index (κ3) is 4.47. The molecule has 0 aliphatic heterocycles. The van der Waals surface area contributed by atoms with Crippen molar-refractivity contribution in [3.63, 3.8) is 0 Å². The molecular formula is C18H16ClN3O4S. The first kappa shape index (κ1) is 18.9. The Bertz CT molecular complexity index is 1120. The van der Waals surface area contributed by atoms with Crippen LogP contribution >= 0.6 is 11.6 Å². The van der Waals surface area contributed by atoms with E-state index in [0.717, 1.165) is 11.8 Å². The zero-order chi connectivity index (χ0) is 19.6. The fraction of sp³-hybridized carbons (Fsp3) is 0.111. The molecule has 1 heterocycles. The van der Waals surface area contributed by atoms with Gasteiger partial charge in [-0.3, -0.25) is 14.5 Å². The van der Waals surface area contributed by atoms with Gasteiger partial charge in [0.1, 0.15) is 11.3 Å². The van der Waals surface area contributed by atoms with E-state index in [9.17, 15) is 18.3 Å². The fourth-order valence-corrected chi connectivity index (χ4v) is 3.23. The lowest BCUT2D eigenvalue weighted by molar-refractivity contribution is 0.0948. The molecule has 7 nitrogen and oxygen atoms in total. The van der Waals surface area contributed by atoms with Crippen molar-refractivity contribution >= 4 is 44.1 Å². The second-order valence-electron chi connectivity index (χ2n) is 5.91. The van der Waals surface area contributed by atoms with Crippen molar-refractivity contribution in [1.29, 1.82) is 0 Å². The number of carbonyl (C=O) groups is 1. The minimum atomic E-state index is -3.51. The molecule has 0 aliphatic carbocycles. The normalized spacial score (nSPS) is 11.3. The first-order valence-electron chi connectivity index (χ1n) is 7.86. The van der Waals surface area contributed by atoms with E-state index in [1.165, 1.54) is 12.3 Å². The van der Waals surface area contributed by atoms with Crippen LogP contribution in [0.4, 0.5) is 5.69 Å². The van der Waals surface area contributed by atoms with Gasteiger partial charge in [-0.05, 0) is 29.8 Å². The summed E-state index contributed by atoms with van der Waals surface area (Å²) in [5, 5.41) is 14.0. The van der Waals surface area contributed by atoms with E-state index in [0.29, 0.717) is 5.02 Å². The maximum Gasteiger partial charge on any atom is 0.256 e. The van der Waals surface area contributed by atoms with Crippen LogP contribution in [0.1, 0.15) is 15.9 Å². The van der Waals surface area contributed by atoms with Gasteiger partial charge < -0.3 is 10.4 Å². The van der Waals surface area contributed by atoms with Crippen LogP contribution in [-0.2, 0) is 16.6 Å². The monoisotopic (exact) mass is 405 g/mol. The molecule has 0 radical (unpaired) electrons. The predicted octanol–water partition coefficient (Wildman–Crippen LogP) is 2.90. The molecule has 2 aromatic carbocycles. The van der Waals surface area contributed by atoms with E-state index < -0.39 is 15.9 Å². The number of fused-ring (bicyclic) bond motifs is 1. The number of nitrogens with one attached hydrogen (secondary N) is 2. The Morgan fingerprint density at radius 1 is 1.19 bits per heavy atom. The average Bonchev–Trinajstić information content (AvgIpc) is 2.60. The van der Waals surface area contributed by atoms with Crippen LogP contribution in [0.3, 0.4) is 0 Å². The van der Waals surface area contributed by atoms with Gasteiger partial charge in [-0.1, -0.05) is 29.8 Å². The van der Waals surface area contributed by atoms with Crippen molar-refractivity contribution in [1.82, 2.24) is 10.3 Å². The van der Waals surface area contributed by atoms with Gasteiger partial charge in [0.05, 0.1) is 17.5 Å². The summed E-state index contributed by atoms with van der Waals surface area (Å²) in [6.07, 6.45) is 2.23. The molecule has 0 fully saturated rings. The summed E-state index contributed by atoms with van der Waals surface area (Å²) in [7, 11) is -3.51. The lowest BCUT2D eigenvalue weighted by atomic mass is 10.1. The topological polar surface area (TPSA) is 108 Å². The van der Waals surface area contributed by atoms with Crippen LogP contribution in [-0.4, -0.2) is 30.7 Å². The zero-order valence-corrected chi connectivity index (χ0v) is 15.8. The number of nitrogens with zero attached hydrogens (tertiary/aromatic N) is 1. The van der Waals surface area contributed by atoms with Crippen molar-refractivity contribution in [2.24, 2.45) is 0 Å². The first-order valence-corrected chi connectivity index (χ1v) is 10.1. The number of aromatic hydroxyl groups is 1. The molecule has 3 aromatic rings. The van der Waals surface area contributed by atoms with Crippen molar-refractivity contribution in [2.45, 2.75) is 6.54 Å². The number of halogens is 1. The summed E-state index contributed by atoms with van der Waals surface area (Å²) in [4.78, 5) is 16.6. The molecule has 3 N–H and O–H groups in total. The molecule has 3 rings (SSSR count). The van der Waals surface area contributed by atoms with Gasteiger partial charge in [-0.15, -0.1) is 0 Å². The summed E-state index contributed by atoms with van der Waals surface area (Å²) in [6, 6.07) is 11.6. The van der Waals surface area contributed by atoms with Crippen LogP contribution in [0, 0.1) is 0 Å². The lowest BCUT2D eigenvalue weighted by Crippen LogP contribution is -2.23. The van der Waals surface area contributed by atoms with Crippen LogP contribution in [0.25, 0.3) is 10.9 Å². The van der Waals surface area contributed by atoms with Crippen LogP contribution in [0.15, 0.2) is 48.7 Å². The highest BCUT2D eigenvalue weighted by Gasteiger charge is 2.17. The highest BCUT2D eigenvalue weighted by atomic mass is 35.5. The molecule has 140 valence electrons. The van der Waals surface area contributed by atoms with Crippen molar-refractivity contribution in [2.75, 3.05) is 11.0 Å². The SMILES string of the molecule is CS(=O)(=O)Nc1cccc2c(O)c(C(=O)NCc3ccc(Cl)cc3)cnc12. The van der Waals surface area contributed by atoms with Crippen molar-refractivity contribution in [3.8, 4) is 5.75 Å². The van der Waals surface area contributed by atoms with Gasteiger partial charge in [0.2, 0.25) is 10.0 Å². The molecular weight excluding hydrogens is 390 g/mol. The Labute approximate surface area is 161 Å². The molecule has 0 saturated carbocycles. The minimum Gasteiger partial charge on any atom is -0.506 e. The Morgan fingerprint density at radius 3 is 2.56 bits per heavy atom. The Hall–Kier alpha value is -2.84. The smallest absolute Gasteiger partial charge is 0.256 e. The van der Waals surface area contributed by atoms with E-state index in [-0.39, 0.29) is 34.4 Å². The van der Waals surface area contributed by atoms with Crippen LogP contribution < -0.4 is 10.0 Å². The second kappa shape index (κ2) is 7.42. The Morgan fingerprint density at radius 2 is 1.89 bits per heavy atom. The molecule has 0 aliphatic rings. The minimum absolute atomic E-state index is 0.00651. The van der Waals surface area contributed by atoms with E-state index in [4.69, 9.17) is 11.6 Å². The molecule has 0 bridgehead atoms. The number of hydrogen-bond acceptors (Lipinski definition) is 5. The fourth-order valence-electron chi connectivity index (χ4n) is 2.54. The highest BCUT2D eigenvalue weighted by Crippen LogP contribution is 2.31. The molecule has 0 spiro atoms. The number of sulfonamides is 1. The quantitative estimate of drug-likeness (QED) is 0.604. The van der Waals surface area contributed by atoms with E-state index >= 15 is 0 Å². The Kier molecular flexibility index (Phi) is 5.20. The highest BCUT2D eigenvalue weighted by molar-refractivity contribution is 7.92. The number of para-hydroxylation sites is 1. The zero-order valence-electron chi connectivity index (χ0n) is 14.2. The van der Waals surface area contributed by atoms with E-state index in [2.05, 4.69) is 15.0 Å². The van der Waals surface area contributed by atoms with Gasteiger partial charge >= 0.3 is 0 Å². The van der Waals surface area contributed by atoms with Gasteiger partial charge in [-0.2, -0.15) is 0 Å². The van der Waals surface area contributed by atoms with Crippen molar-refractivity contribution in [3.05, 3.63) is 64.8 Å². The van der Waals surface area contributed by atoms with E-state index in [1.807, 2.05) is 0 Å². The summed E-state index contributed by atoms with van der Waals surface area (Å²) in [5.41, 5.74) is 1.31. The third-order valence-corrected chi connectivity index (χ3v) is 4.62. The predicted molar refractivity (Wildman–Crippen MR) is 104 cm³/mol.